The van der Waals surface area contributed by atoms with Gasteiger partial charge in [-0.25, -0.2) is 0 Å². The molecule has 0 unspecified atom stereocenters. The van der Waals surface area contributed by atoms with E-state index in [0.29, 0.717) is 5.56 Å². The van der Waals surface area contributed by atoms with Crippen molar-refractivity contribution in [2.24, 2.45) is 0 Å². The molecule has 2 N–H and O–H groups in total. The Hall–Kier alpha value is -2.14. The molecule has 1 amide bonds. The standard InChI is InChI=1S/C13H13NO4/c1-8(16)10-11(9-5-3-2-4-6-9)14(7-15)13(18)12(10)17/h2-6,11,15,17H,7H2,1H3/t11-/m0/s1. The number of aliphatic hydroxyl groups excluding tert-OH is 2. The third-order valence-corrected chi connectivity index (χ3v) is 2.95. The van der Waals surface area contributed by atoms with E-state index in [1.54, 1.807) is 30.3 Å². The number of aliphatic hydroxyl groups is 2. The first kappa shape index (κ1) is 12.3. The summed E-state index contributed by atoms with van der Waals surface area (Å²) in [6.07, 6.45) is 0. The number of hydrogen-bond acceptors (Lipinski definition) is 4. The van der Waals surface area contributed by atoms with E-state index in [2.05, 4.69) is 0 Å². The van der Waals surface area contributed by atoms with Gasteiger partial charge in [-0.1, -0.05) is 30.3 Å². The first-order valence-electron chi connectivity index (χ1n) is 5.48. The van der Waals surface area contributed by atoms with Crippen molar-refractivity contribution >= 4 is 11.7 Å². The Morgan fingerprint density at radius 3 is 2.44 bits per heavy atom. The summed E-state index contributed by atoms with van der Waals surface area (Å²) < 4.78 is 0. The van der Waals surface area contributed by atoms with Crippen LogP contribution in [0.25, 0.3) is 0 Å². The van der Waals surface area contributed by atoms with E-state index in [4.69, 9.17) is 0 Å². The lowest BCUT2D eigenvalue weighted by molar-refractivity contribution is -0.133. The Morgan fingerprint density at radius 1 is 1.33 bits per heavy atom. The molecule has 0 saturated carbocycles. The third-order valence-electron chi connectivity index (χ3n) is 2.95. The van der Waals surface area contributed by atoms with Crippen molar-refractivity contribution < 1.29 is 19.8 Å². The molecule has 0 radical (unpaired) electrons. The fourth-order valence-electron chi connectivity index (χ4n) is 2.14. The summed E-state index contributed by atoms with van der Waals surface area (Å²) in [4.78, 5) is 24.4. The number of benzene rings is 1. The second kappa shape index (κ2) is 4.62. The summed E-state index contributed by atoms with van der Waals surface area (Å²) in [5.41, 5.74) is 0.703. The van der Waals surface area contributed by atoms with Crippen molar-refractivity contribution in [2.75, 3.05) is 6.73 Å². The molecule has 0 fully saturated rings. The first-order chi connectivity index (χ1) is 8.57. The number of Topliss-reactive ketones (excluding diaryl/α,β-unsaturated/α-hetero) is 1. The van der Waals surface area contributed by atoms with Gasteiger partial charge < -0.3 is 15.1 Å². The molecule has 0 spiro atoms. The number of amides is 1. The molecule has 0 saturated heterocycles. The lowest BCUT2D eigenvalue weighted by Crippen LogP contribution is -2.31. The van der Waals surface area contributed by atoms with E-state index in [1.807, 2.05) is 0 Å². The van der Waals surface area contributed by atoms with Gasteiger partial charge in [-0.2, -0.15) is 0 Å². The maximum absolute atomic E-state index is 11.7. The van der Waals surface area contributed by atoms with Crippen LogP contribution in [-0.2, 0) is 9.59 Å². The Balaban J connectivity index is 2.55. The van der Waals surface area contributed by atoms with Gasteiger partial charge in [0.25, 0.3) is 5.91 Å². The molecule has 2 rings (SSSR count). The van der Waals surface area contributed by atoms with Gasteiger partial charge in [0.2, 0.25) is 0 Å². The van der Waals surface area contributed by atoms with E-state index < -0.39 is 24.4 Å². The Labute approximate surface area is 104 Å². The molecule has 1 atom stereocenters. The SMILES string of the molecule is CC(=O)C1=C(O)C(=O)N(CO)[C@H]1c1ccccc1. The average Bonchev–Trinajstić information content (AvgIpc) is 2.63. The maximum atomic E-state index is 11.7. The van der Waals surface area contributed by atoms with E-state index in [-0.39, 0.29) is 11.4 Å². The fourth-order valence-corrected chi connectivity index (χ4v) is 2.14. The van der Waals surface area contributed by atoms with Crippen LogP contribution >= 0.6 is 0 Å². The number of carbonyl (C=O) groups is 2. The normalized spacial score (nSPS) is 19.6. The quantitative estimate of drug-likeness (QED) is 0.832. The van der Waals surface area contributed by atoms with Crippen LogP contribution in [0, 0.1) is 0 Å². The van der Waals surface area contributed by atoms with Crippen molar-refractivity contribution in [3.8, 4) is 0 Å². The number of hydrogen-bond donors (Lipinski definition) is 2. The molecule has 0 bridgehead atoms. The highest BCUT2D eigenvalue weighted by molar-refractivity contribution is 6.08. The van der Waals surface area contributed by atoms with Crippen molar-refractivity contribution in [1.29, 1.82) is 0 Å². The molecule has 1 heterocycles. The van der Waals surface area contributed by atoms with Crippen LogP contribution in [0.5, 0.6) is 0 Å². The smallest absolute Gasteiger partial charge is 0.291 e. The minimum atomic E-state index is -0.725. The summed E-state index contributed by atoms with van der Waals surface area (Å²) in [6.45, 7) is 0.731. The fraction of sp³-hybridized carbons (Fsp3) is 0.231. The van der Waals surface area contributed by atoms with E-state index in [0.717, 1.165) is 4.90 Å². The lowest BCUT2D eigenvalue weighted by Gasteiger charge is -2.24. The predicted octanol–water partition coefficient (Wildman–Crippen LogP) is 0.921. The number of nitrogens with zero attached hydrogens (tertiary/aromatic N) is 1. The van der Waals surface area contributed by atoms with Gasteiger partial charge >= 0.3 is 0 Å². The molecule has 94 valence electrons. The van der Waals surface area contributed by atoms with Gasteiger partial charge in [0.05, 0.1) is 11.6 Å². The molecule has 1 aliphatic rings. The molecule has 0 aromatic heterocycles. The highest BCUT2D eigenvalue weighted by atomic mass is 16.3. The van der Waals surface area contributed by atoms with E-state index in [1.165, 1.54) is 6.92 Å². The minimum Gasteiger partial charge on any atom is -0.503 e. The number of rotatable bonds is 3. The van der Waals surface area contributed by atoms with Gasteiger partial charge in [0, 0.05) is 0 Å². The van der Waals surface area contributed by atoms with Crippen LogP contribution in [0.1, 0.15) is 18.5 Å². The molecule has 1 aromatic carbocycles. The maximum Gasteiger partial charge on any atom is 0.291 e. The summed E-state index contributed by atoms with van der Waals surface area (Å²) in [7, 11) is 0. The Kier molecular flexibility index (Phi) is 3.16. The lowest BCUT2D eigenvalue weighted by atomic mass is 9.97. The molecule has 18 heavy (non-hydrogen) atoms. The zero-order chi connectivity index (χ0) is 13.3. The van der Waals surface area contributed by atoms with Crippen molar-refractivity contribution in [2.45, 2.75) is 13.0 Å². The average molecular weight is 247 g/mol. The molecule has 1 aliphatic heterocycles. The van der Waals surface area contributed by atoms with Gasteiger partial charge in [0.15, 0.2) is 11.5 Å². The molecular formula is C13H13NO4. The van der Waals surface area contributed by atoms with Crippen LogP contribution in [0.4, 0.5) is 0 Å². The van der Waals surface area contributed by atoms with Crippen LogP contribution < -0.4 is 0 Å². The number of ketones is 1. The molecule has 5 heteroatoms. The van der Waals surface area contributed by atoms with Crippen LogP contribution in [0.3, 0.4) is 0 Å². The van der Waals surface area contributed by atoms with Gasteiger partial charge in [-0.05, 0) is 12.5 Å². The second-order valence-corrected chi connectivity index (χ2v) is 4.05. The van der Waals surface area contributed by atoms with Gasteiger partial charge in [0.1, 0.15) is 6.73 Å². The molecular weight excluding hydrogens is 234 g/mol. The molecule has 1 aromatic rings. The Morgan fingerprint density at radius 2 is 1.94 bits per heavy atom. The number of carbonyl (C=O) groups excluding carboxylic acids is 2. The monoisotopic (exact) mass is 247 g/mol. The van der Waals surface area contributed by atoms with Crippen molar-refractivity contribution in [3.05, 3.63) is 47.2 Å². The third kappa shape index (κ3) is 1.78. The van der Waals surface area contributed by atoms with E-state index in [9.17, 15) is 19.8 Å². The predicted molar refractivity (Wildman–Crippen MR) is 63.5 cm³/mol. The topological polar surface area (TPSA) is 77.8 Å². The van der Waals surface area contributed by atoms with Gasteiger partial charge in [-0.15, -0.1) is 0 Å². The van der Waals surface area contributed by atoms with E-state index >= 15 is 0 Å². The van der Waals surface area contributed by atoms with Crippen molar-refractivity contribution in [1.82, 2.24) is 4.90 Å². The highest BCUT2D eigenvalue weighted by Crippen LogP contribution is 2.36. The van der Waals surface area contributed by atoms with Crippen LogP contribution in [0.2, 0.25) is 0 Å². The van der Waals surface area contributed by atoms with Crippen molar-refractivity contribution in [3.63, 3.8) is 0 Å². The van der Waals surface area contributed by atoms with Crippen LogP contribution in [0.15, 0.2) is 41.7 Å². The minimum absolute atomic E-state index is 0.0280. The van der Waals surface area contributed by atoms with Crippen LogP contribution in [-0.4, -0.2) is 33.5 Å². The summed E-state index contributed by atoms with van der Waals surface area (Å²) >= 11 is 0. The zero-order valence-corrected chi connectivity index (χ0v) is 9.83. The van der Waals surface area contributed by atoms with Gasteiger partial charge in [-0.3, -0.25) is 9.59 Å². The summed E-state index contributed by atoms with van der Waals surface area (Å²) in [5.74, 6) is -1.69. The largest absolute Gasteiger partial charge is 0.503 e. The first-order valence-corrected chi connectivity index (χ1v) is 5.48. The second-order valence-electron chi connectivity index (χ2n) is 4.05. The zero-order valence-electron chi connectivity index (χ0n) is 9.83. The highest BCUT2D eigenvalue weighted by Gasteiger charge is 2.41. The molecule has 5 nitrogen and oxygen atoms in total. The molecule has 0 aliphatic carbocycles. The summed E-state index contributed by atoms with van der Waals surface area (Å²) in [5, 5.41) is 19.0. The summed E-state index contributed by atoms with van der Waals surface area (Å²) in [6, 6.07) is 8.09. The Bertz CT molecular complexity index is 521.